The van der Waals surface area contributed by atoms with Crippen LogP contribution in [0.3, 0.4) is 0 Å². The largest absolute Gasteiger partial charge is 0.493 e. The SMILES string of the molecule is CCc1ccc(N2C(=O)[C@H]3[C@H](ON(c4ccccc4)[C@H]3c3cc(OC)c(OC)cc3[N+](=O)[O-])C2=O)cc1. The van der Waals surface area contributed by atoms with Gasteiger partial charge in [0, 0.05) is 0 Å². The number of imide groups is 1. The van der Waals surface area contributed by atoms with Gasteiger partial charge >= 0.3 is 0 Å². The minimum atomic E-state index is -1.16. The topological polar surface area (TPSA) is 111 Å². The number of nitro groups is 1. The normalized spacial score (nSPS) is 20.8. The fraction of sp³-hybridized carbons (Fsp3) is 0.259. The number of ether oxygens (including phenoxy) is 2. The molecule has 0 N–H and O–H groups in total. The van der Waals surface area contributed by atoms with Crippen molar-refractivity contribution in [2.45, 2.75) is 25.5 Å². The Labute approximate surface area is 213 Å². The van der Waals surface area contributed by atoms with E-state index in [0.29, 0.717) is 11.4 Å². The number of aryl methyl sites for hydroxylation is 1. The van der Waals surface area contributed by atoms with E-state index in [4.69, 9.17) is 14.3 Å². The van der Waals surface area contributed by atoms with Gasteiger partial charge in [-0.25, -0.2) is 9.96 Å². The van der Waals surface area contributed by atoms with Crippen molar-refractivity contribution in [3.05, 3.63) is 88.0 Å². The highest BCUT2D eigenvalue weighted by Crippen LogP contribution is 2.51. The summed E-state index contributed by atoms with van der Waals surface area (Å²) in [7, 11) is 2.80. The van der Waals surface area contributed by atoms with E-state index in [0.717, 1.165) is 16.9 Å². The maximum Gasteiger partial charge on any atom is 0.278 e. The summed E-state index contributed by atoms with van der Waals surface area (Å²) >= 11 is 0. The number of fused-ring (bicyclic) bond motifs is 1. The monoisotopic (exact) mass is 503 g/mol. The lowest BCUT2D eigenvalue weighted by Crippen LogP contribution is -2.37. The lowest BCUT2D eigenvalue weighted by molar-refractivity contribution is -0.385. The summed E-state index contributed by atoms with van der Waals surface area (Å²) in [4.78, 5) is 46.2. The molecule has 0 bridgehead atoms. The molecule has 3 aromatic rings. The molecule has 0 saturated carbocycles. The van der Waals surface area contributed by atoms with Gasteiger partial charge in [-0.15, -0.1) is 0 Å². The molecule has 2 fully saturated rings. The molecule has 0 aliphatic carbocycles. The smallest absolute Gasteiger partial charge is 0.278 e. The van der Waals surface area contributed by atoms with Gasteiger partial charge in [0.05, 0.1) is 42.1 Å². The fourth-order valence-electron chi connectivity index (χ4n) is 4.94. The van der Waals surface area contributed by atoms with E-state index in [-0.39, 0.29) is 22.7 Å². The summed E-state index contributed by atoms with van der Waals surface area (Å²) in [6.45, 7) is 2.01. The number of rotatable bonds is 7. The second-order valence-electron chi connectivity index (χ2n) is 8.71. The van der Waals surface area contributed by atoms with Crippen molar-refractivity contribution in [2.24, 2.45) is 5.92 Å². The van der Waals surface area contributed by atoms with Gasteiger partial charge in [-0.2, -0.15) is 0 Å². The van der Waals surface area contributed by atoms with Crippen LogP contribution in [0.1, 0.15) is 24.1 Å². The fourth-order valence-corrected chi connectivity index (χ4v) is 4.94. The second-order valence-corrected chi connectivity index (χ2v) is 8.71. The van der Waals surface area contributed by atoms with Crippen LogP contribution in [-0.2, 0) is 20.8 Å². The number of hydroxylamine groups is 1. The molecular weight excluding hydrogens is 478 g/mol. The highest BCUT2D eigenvalue weighted by molar-refractivity contribution is 6.24. The van der Waals surface area contributed by atoms with Gasteiger partial charge in [0.1, 0.15) is 12.0 Å². The van der Waals surface area contributed by atoms with Crippen LogP contribution < -0.4 is 19.4 Å². The Hall–Kier alpha value is -4.44. The Morgan fingerprint density at radius 1 is 0.919 bits per heavy atom. The van der Waals surface area contributed by atoms with Crippen LogP contribution in [0.2, 0.25) is 0 Å². The average molecular weight is 504 g/mol. The van der Waals surface area contributed by atoms with Gasteiger partial charge < -0.3 is 9.47 Å². The van der Waals surface area contributed by atoms with E-state index in [1.807, 2.05) is 25.1 Å². The number of carbonyl (C=O) groups is 2. The minimum absolute atomic E-state index is 0.170. The van der Waals surface area contributed by atoms with Crippen LogP contribution in [0.4, 0.5) is 17.1 Å². The second kappa shape index (κ2) is 9.55. The van der Waals surface area contributed by atoms with E-state index in [9.17, 15) is 19.7 Å². The van der Waals surface area contributed by atoms with Crippen LogP contribution in [0.15, 0.2) is 66.7 Å². The first-order valence-corrected chi connectivity index (χ1v) is 11.8. The first-order chi connectivity index (χ1) is 17.9. The molecule has 2 amide bonds. The third-order valence-corrected chi connectivity index (χ3v) is 6.78. The number of para-hydroxylation sites is 1. The van der Waals surface area contributed by atoms with E-state index >= 15 is 0 Å². The Kier molecular flexibility index (Phi) is 6.26. The Balaban J connectivity index is 1.66. The van der Waals surface area contributed by atoms with Crippen LogP contribution in [-0.4, -0.2) is 37.1 Å². The highest BCUT2D eigenvalue weighted by Gasteiger charge is 2.61. The quantitative estimate of drug-likeness (QED) is 0.268. The zero-order chi connectivity index (χ0) is 26.3. The van der Waals surface area contributed by atoms with Gasteiger partial charge in [-0.3, -0.25) is 24.5 Å². The van der Waals surface area contributed by atoms with Gasteiger partial charge in [0.15, 0.2) is 17.6 Å². The Morgan fingerprint density at radius 3 is 2.16 bits per heavy atom. The summed E-state index contributed by atoms with van der Waals surface area (Å²) in [5, 5.41) is 13.6. The van der Waals surface area contributed by atoms with Crippen LogP contribution in [0, 0.1) is 16.0 Å². The molecule has 0 radical (unpaired) electrons. The molecule has 2 saturated heterocycles. The number of carbonyl (C=O) groups excluding carboxylic acids is 2. The number of nitro benzene ring substituents is 1. The predicted molar refractivity (Wildman–Crippen MR) is 135 cm³/mol. The third-order valence-electron chi connectivity index (χ3n) is 6.78. The molecule has 2 heterocycles. The molecule has 2 aliphatic rings. The van der Waals surface area contributed by atoms with Gasteiger partial charge in [-0.1, -0.05) is 37.3 Å². The van der Waals surface area contributed by atoms with E-state index in [1.54, 1.807) is 36.4 Å². The first kappa shape index (κ1) is 24.3. The average Bonchev–Trinajstić information content (AvgIpc) is 3.43. The zero-order valence-electron chi connectivity index (χ0n) is 20.5. The standard InChI is InChI=1S/C27H25N3O7/c1-4-16-10-12-17(13-11-16)28-26(31)23-24(19-14-21(35-2)22(36-3)15-20(19)30(33)34)29(37-25(23)27(28)32)18-8-6-5-7-9-18/h5-15,23-25H,4H2,1-3H3/t23-,24+,25+/m1/s1. The number of nitrogens with zero attached hydrogens (tertiary/aromatic N) is 3. The summed E-state index contributed by atoms with van der Waals surface area (Å²) in [6, 6.07) is 17.8. The maximum absolute atomic E-state index is 13.8. The Morgan fingerprint density at radius 2 is 1.57 bits per heavy atom. The van der Waals surface area contributed by atoms with E-state index in [1.165, 1.54) is 31.4 Å². The van der Waals surface area contributed by atoms with Crippen LogP contribution in [0.25, 0.3) is 0 Å². The van der Waals surface area contributed by atoms with Crippen molar-refractivity contribution in [1.82, 2.24) is 0 Å². The van der Waals surface area contributed by atoms with Crippen LogP contribution >= 0.6 is 0 Å². The molecule has 5 rings (SSSR count). The van der Waals surface area contributed by atoms with Crippen molar-refractivity contribution in [2.75, 3.05) is 24.2 Å². The minimum Gasteiger partial charge on any atom is -0.493 e. The van der Waals surface area contributed by atoms with Gasteiger partial charge in [-0.05, 0) is 42.3 Å². The van der Waals surface area contributed by atoms with Crippen molar-refractivity contribution in [1.29, 1.82) is 0 Å². The number of hydrogen-bond donors (Lipinski definition) is 0. The molecule has 10 heteroatoms. The van der Waals surface area contributed by atoms with Crippen molar-refractivity contribution in [3.63, 3.8) is 0 Å². The molecule has 37 heavy (non-hydrogen) atoms. The van der Waals surface area contributed by atoms with Crippen LogP contribution in [0.5, 0.6) is 11.5 Å². The number of benzene rings is 3. The summed E-state index contributed by atoms with van der Waals surface area (Å²) < 4.78 is 10.7. The molecule has 0 unspecified atom stereocenters. The lowest BCUT2D eigenvalue weighted by Gasteiger charge is -2.29. The highest BCUT2D eigenvalue weighted by atomic mass is 16.7. The summed E-state index contributed by atoms with van der Waals surface area (Å²) in [5.41, 5.74) is 1.93. The van der Waals surface area contributed by atoms with Crippen molar-refractivity contribution in [3.8, 4) is 11.5 Å². The Bertz CT molecular complexity index is 1360. The van der Waals surface area contributed by atoms with Gasteiger partial charge in [0.25, 0.3) is 11.6 Å². The molecule has 0 spiro atoms. The van der Waals surface area contributed by atoms with E-state index < -0.39 is 34.8 Å². The molecule has 2 aliphatic heterocycles. The number of anilines is 2. The molecule has 3 atom stereocenters. The number of amides is 2. The zero-order valence-corrected chi connectivity index (χ0v) is 20.5. The molecule has 190 valence electrons. The number of methoxy groups -OCH3 is 2. The molecule has 10 nitrogen and oxygen atoms in total. The molecular formula is C27H25N3O7. The van der Waals surface area contributed by atoms with Crippen molar-refractivity contribution >= 4 is 28.9 Å². The van der Waals surface area contributed by atoms with Gasteiger partial charge in [0.2, 0.25) is 5.91 Å². The summed E-state index contributed by atoms with van der Waals surface area (Å²) in [6.07, 6.45) is -0.343. The summed E-state index contributed by atoms with van der Waals surface area (Å²) in [5.74, 6) is -1.62. The molecule has 0 aromatic heterocycles. The van der Waals surface area contributed by atoms with E-state index in [2.05, 4.69) is 0 Å². The maximum atomic E-state index is 13.8. The first-order valence-electron chi connectivity index (χ1n) is 11.8. The molecule has 3 aromatic carbocycles. The third kappa shape index (κ3) is 3.95. The lowest BCUT2D eigenvalue weighted by atomic mass is 9.89. The number of hydrogen-bond acceptors (Lipinski definition) is 8. The van der Waals surface area contributed by atoms with Crippen molar-refractivity contribution < 1.29 is 28.8 Å². The predicted octanol–water partition coefficient (Wildman–Crippen LogP) is 4.23.